The Hall–Kier alpha value is -1.75. The van der Waals surface area contributed by atoms with Crippen LogP contribution >= 0.6 is 15.9 Å². The third-order valence-electron chi connectivity index (χ3n) is 3.38. The van der Waals surface area contributed by atoms with Crippen molar-refractivity contribution in [3.8, 4) is 5.75 Å². The second-order valence-corrected chi connectivity index (χ2v) is 7.66. The van der Waals surface area contributed by atoms with Crippen molar-refractivity contribution < 1.29 is 18.7 Å². The van der Waals surface area contributed by atoms with Crippen LogP contribution < -0.4 is 4.74 Å². The number of halogens is 1. The highest BCUT2D eigenvalue weighted by molar-refractivity contribution is 9.10. The third kappa shape index (κ3) is 3.83. The van der Waals surface area contributed by atoms with Crippen LogP contribution in [0.15, 0.2) is 33.2 Å². The maximum Gasteiger partial charge on any atom is 0.342 e. The van der Waals surface area contributed by atoms with Crippen molar-refractivity contribution in [3.05, 3.63) is 40.1 Å². The van der Waals surface area contributed by atoms with Crippen LogP contribution in [-0.4, -0.2) is 19.2 Å². The number of furan rings is 1. The molecule has 0 aliphatic rings. The Morgan fingerprint density at radius 1 is 1.33 bits per heavy atom. The lowest BCUT2D eigenvalue weighted by molar-refractivity contribution is 0.0523. The zero-order chi connectivity index (χ0) is 18.1. The van der Waals surface area contributed by atoms with Gasteiger partial charge in [-0.25, -0.2) is 4.79 Å². The minimum atomic E-state index is -0.380. The van der Waals surface area contributed by atoms with E-state index < -0.39 is 0 Å². The van der Waals surface area contributed by atoms with Gasteiger partial charge in [0.2, 0.25) is 0 Å². The first kappa shape index (κ1) is 18.6. The number of rotatable bonds is 5. The predicted octanol–water partition coefficient (Wildman–Crippen LogP) is 5.62. The summed E-state index contributed by atoms with van der Waals surface area (Å²) in [5.41, 5.74) is 1.67. The van der Waals surface area contributed by atoms with Crippen LogP contribution in [0.25, 0.3) is 11.0 Å². The van der Waals surface area contributed by atoms with Gasteiger partial charge in [-0.3, -0.25) is 0 Å². The van der Waals surface area contributed by atoms with E-state index in [1.807, 2.05) is 39.8 Å². The molecule has 2 rings (SSSR count). The molecule has 5 heteroatoms. The molecule has 0 aliphatic carbocycles. The van der Waals surface area contributed by atoms with Crippen LogP contribution in [0.4, 0.5) is 0 Å². The Morgan fingerprint density at radius 3 is 2.54 bits per heavy atom. The van der Waals surface area contributed by atoms with Crippen molar-refractivity contribution >= 4 is 32.9 Å². The molecule has 0 spiro atoms. The number of ether oxygens (including phenoxy) is 2. The topological polar surface area (TPSA) is 48.7 Å². The first-order valence-corrected chi connectivity index (χ1v) is 8.65. The maximum absolute atomic E-state index is 12.5. The lowest BCUT2D eigenvalue weighted by Crippen LogP contribution is -2.16. The van der Waals surface area contributed by atoms with Crippen molar-refractivity contribution in [3.63, 3.8) is 0 Å². The van der Waals surface area contributed by atoms with Crippen LogP contribution in [0, 0.1) is 0 Å². The Balaban J connectivity index is 2.65. The zero-order valence-electron chi connectivity index (χ0n) is 14.8. The zero-order valence-corrected chi connectivity index (χ0v) is 16.4. The van der Waals surface area contributed by atoms with Crippen molar-refractivity contribution in [2.45, 2.75) is 40.0 Å². The monoisotopic (exact) mass is 394 g/mol. The number of hydrogen-bond acceptors (Lipinski definition) is 4. The molecule has 4 nitrogen and oxygen atoms in total. The van der Waals surface area contributed by atoms with Gasteiger partial charge in [-0.05, 0) is 47.5 Å². The van der Waals surface area contributed by atoms with Gasteiger partial charge in [0, 0.05) is 10.8 Å². The predicted molar refractivity (Wildman–Crippen MR) is 98.9 cm³/mol. The van der Waals surface area contributed by atoms with E-state index in [0.29, 0.717) is 41.3 Å². The summed E-state index contributed by atoms with van der Waals surface area (Å²) in [6, 6.07) is 3.63. The van der Waals surface area contributed by atoms with Gasteiger partial charge >= 0.3 is 5.97 Å². The van der Waals surface area contributed by atoms with E-state index in [2.05, 4.69) is 22.5 Å². The molecule has 0 amide bonds. The van der Waals surface area contributed by atoms with Crippen LogP contribution in [-0.2, 0) is 10.2 Å². The Kier molecular flexibility index (Phi) is 5.43. The molecular weight excluding hydrogens is 372 g/mol. The summed E-state index contributed by atoms with van der Waals surface area (Å²) in [5, 5.41) is 0.693. The van der Waals surface area contributed by atoms with Gasteiger partial charge in [0.1, 0.15) is 29.3 Å². The molecule has 1 aromatic carbocycles. The minimum absolute atomic E-state index is 0.310. The molecule has 0 radical (unpaired) electrons. The molecule has 0 unspecified atom stereocenters. The summed E-state index contributed by atoms with van der Waals surface area (Å²) >= 11 is 3.49. The third-order valence-corrected chi connectivity index (χ3v) is 4.00. The van der Waals surface area contributed by atoms with Crippen molar-refractivity contribution in [2.75, 3.05) is 13.2 Å². The Morgan fingerprint density at radius 2 is 2.00 bits per heavy atom. The summed E-state index contributed by atoms with van der Waals surface area (Å²) in [6.45, 7) is 14.2. The molecular formula is C19H23BrO4. The maximum atomic E-state index is 12.5. The molecule has 0 aliphatic heterocycles. The lowest BCUT2D eigenvalue weighted by atomic mass is 9.89. The van der Waals surface area contributed by atoms with Crippen LogP contribution in [0.3, 0.4) is 0 Å². The number of benzene rings is 1. The van der Waals surface area contributed by atoms with Gasteiger partial charge in [0.25, 0.3) is 0 Å². The quantitative estimate of drug-likeness (QED) is 0.487. The fourth-order valence-corrected chi connectivity index (χ4v) is 2.78. The molecule has 0 saturated heterocycles. The highest BCUT2D eigenvalue weighted by Crippen LogP contribution is 2.39. The van der Waals surface area contributed by atoms with E-state index in [9.17, 15) is 4.79 Å². The molecule has 24 heavy (non-hydrogen) atoms. The molecule has 0 fully saturated rings. The van der Waals surface area contributed by atoms with Crippen molar-refractivity contribution in [1.82, 2.24) is 0 Å². The van der Waals surface area contributed by atoms with Crippen molar-refractivity contribution in [2.24, 2.45) is 0 Å². The number of hydrogen-bond donors (Lipinski definition) is 0. The van der Waals surface area contributed by atoms with E-state index in [1.54, 1.807) is 6.92 Å². The number of esters is 1. The molecule has 130 valence electrons. The summed E-state index contributed by atoms with van der Waals surface area (Å²) in [7, 11) is 0. The second kappa shape index (κ2) is 7.01. The highest BCUT2D eigenvalue weighted by Gasteiger charge is 2.30. The fraction of sp³-hybridized carbons (Fsp3) is 0.421. The molecule has 0 bridgehead atoms. The van der Waals surface area contributed by atoms with Crippen LogP contribution in [0.5, 0.6) is 5.75 Å². The molecule has 1 aromatic heterocycles. The van der Waals surface area contributed by atoms with E-state index in [0.717, 1.165) is 10.0 Å². The minimum Gasteiger partial charge on any atom is -0.488 e. The molecule has 0 N–H and O–H groups in total. The van der Waals surface area contributed by atoms with Gasteiger partial charge in [0.15, 0.2) is 0 Å². The fourth-order valence-electron chi connectivity index (χ4n) is 2.34. The highest BCUT2D eigenvalue weighted by atomic mass is 79.9. The largest absolute Gasteiger partial charge is 0.488 e. The van der Waals surface area contributed by atoms with E-state index in [4.69, 9.17) is 13.9 Å². The van der Waals surface area contributed by atoms with Gasteiger partial charge in [-0.1, -0.05) is 27.4 Å². The smallest absolute Gasteiger partial charge is 0.342 e. The number of carbonyl (C=O) groups excluding carboxylic acids is 1. The van der Waals surface area contributed by atoms with Gasteiger partial charge in [-0.2, -0.15) is 0 Å². The number of fused-ring (bicyclic) bond motifs is 1. The van der Waals surface area contributed by atoms with Crippen LogP contribution in [0.2, 0.25) is 0 Å². The standard InChI is InChI=1S/C19H23BrO4/c1-7-22-18(21)16-12-8-15(23-10-11(2)3)13(20)9-14(12)24-17(16)19(4,5)6/h8-9H,2,7,10H2,1,3-6H3. The normalized spacial score (nSPS) is 11.6. The molecule has 0 saturated carbocycles. The van der Waals surface area contributed by atoms with E-state index in [1.165, 1.54) is 0 Å². The van der Waals surface area contributed by atoms with E-state index in [-0.39, 0.29) is 11.4 Å². The average molecular weight is 395 g/mol. The van der Waals surface area contributed by atoms with Gasteiger partial charge in [0.05, 0.1) is 11.1 Å². The first-order valence-electron chi connectivity index (χ1n) is 7.86. The average Bonchev–Trinajstić information content (AvgIpc) is 2.83. The lowest BCUT2D eigenvalue weighted by Gasteiger charge is -2.16. The molecule has 0 atom stereocenters. The van der Waals surface area contributed by atoms with E-state index >= 15 is 0 Å². The Bertz CT molecular complexity index is 781. The SMILES string of the molecule is C=C(C)COc1cc2c(C(=O)OCC)c(C(C)(C)C)oc2cc1Br. The molecule has 1 heterocycles. The Labute approximate surface area is 150 Å². The summed E-state index contributed by atoms with van der Waals surface area (Å²) in [4.78, 5) is 12.5. The molecule has 2 aromatic rings. The summed E-state index contributed by atoms with van der Waals surface area (Å²) in [6.07, 6.45) is 0. The summed E-state index contributed by atoms with van der Waals surface area (Å²) in [5.74, 6) is 0.867. The second-order valence-electron chi connectivity index (χ2n) is 6.80. The first-order chi connectivity index (χ1) is 11.1. The van der Waals surface area contributed by atoms with Gasteiger partial charge < -0.3 is 13.9 Å². The van der Waals surface area contributed by atoms with Crippen LogP contribution in [0.1, 0.15) is 50.7 Å². The summed E-state index contributed by atoms with van der Waals surface area (Å²) < 4.78 is 17.7. The number of carbonyl (C=O) groups is 1. The van der Waals surface area contributed by atoms with Crippen molar-refractivity contribution in [1.29, 1.82) is 0 Å². The van der Waals surface area contributed by atoms with Gasteiger partial charge in [-0.15, -0.1) is 0 Å².